The van der Waals surface area contributed by atoms with Crippen molar-refractivity contribution in [1.29, 1.82) is 0 Å². The summed E-state index contributed by atoms with van der Waals surface area (Å²) >= 11 is 5.69. The summed E-state index contributed by atoms with van der Waals surface area (Å²) in [5.41, 5.74) is 5.62. The van der Waals surface area contributed by atoms with Crippen LogP contribution in [0.3, 0.4) is 0 Å². The first-order valence-corrected chi connectivity index (χ1v) is 9.51. The largest absolute Gasteiger partial charge is 0.398 e. The van der Waals surface area contributed by atoms with Crippen molar-refractivity contribution in [3.8, 4) is 0 Å². The summed E-state index contributed by atoms with van der Waals surface area (Å²) in [4.78, 5) is -0.0800. The van der Waals surface area contributed by atoms with Crippen molar-refractivity contribution in [3.63, 3.8) is 0 Å². The van der Waals surface area contributed by atoms with Gasteiger partial charge >= 0.3 is 0 Å². The van der Waals surface area contributed by atoms with Crippen LogP contribution in [0.2, 0.25) is 5.02 Å². The summed E-state index contributed by atoms with van der Waals surface area (Å²) in [6.45, 7) is 1.73. The van der Waals surface area contributed by atoms with Crippen LogP contribution < -0.4 is 5.73 Å². The van der Waals surface area contributed by atoms with Gasteiger partial charge in [-0.15, -0.1) is 0 Å². The molecule has 0 spiro atoms. The summed E-state index contributed by atoms with van der Waals surface area (Å²) in [6, 6.07) is 4.03. The van der Waals surface area contributed by atoms with E-state index in [9.17, 15) is 16.8 Å². The van der Waals surface area contributed by atoms with Crippen molar-refractivity contribution in [2.75, 3.05) is 23.0 Å². The predicted molar refractivity (Wildman–Crippen MR) is 76.9 cm³/mol. The van der Waals surface area contributed by atoms with Gasteiger partial charge in [0.15, 0.2) is 19.7 Å². The summed E-state index contributed by atoms with van der Waals surface area (Å²) in [5.74, 6) is -0.884. The maximum Gasteiger partial charge on any atom is 0.181 e. The lowest BCUT2D eigenvalue weighted by Crippen LogP contribution is -2.20. The second kappa shape index (κ2) is 6.11. The number of sulfone groups is 2. The van der Waals surface area contributed by atoms with Gasteiger partial charge in [-0.2, -0.15) is 0 Å². The highest BCUT2D eigenvalue weighted by Gasteiger charge is 2.21. The van der Waals surface area contributed by atoms with Crippen LogP contribution in [0.5, 0.6) is 0 Å². The highest BCUT2D eigenvalue weighted by atomic mass is 35.5. The molecule has 0 amide bonds. The molecular formula is C11H16ClNO4S2. The normalized spacial score (nSPS) is 12.5. The van der Waals surface area contributed by atoms with Crippen molar-refractivity contribution < 1.29 is 16.8 Å². The van der Waals surface area contributed by atoms with Crippen LogP contribution in [0, 0.1) is 0 Å². The second-order valence-corrected chi connectivity index (χ2v) is 8.97. The molecule has 108 valence electrons. The molecule has 0 radical (unpaired) electrons. The van der Waals surface area contributed by atoms with E-state index in [1.165, 1.54) is 18.2 Å². The Hall–Kier alpha value is -0.790. The smallest absolute Gasteiger partial charge is 0.181 e. The van der Waals surface area contributed by atoms with Gasteiger partial charge in [-0.3, -0.25) is 0 Å². The molecule has 8 heteroatoms. The number of hydrogen-bond acceptors (Lipinski definition) is 5. The zero-order chi connectivity index (χ0) is 14.7. The first kappa shape index (κ1) is 16.3. The van der Waals surface area contributed by atoms with E-state index in [1.807, 2.05) is 0 Å². The molecule has 0 aromatic heterocycles. The van der Waals surface area contributed by atoms with E-state index in [1.54, 1.807) is 6.92 Å². The van der Waals surface area contributed by atoms with E-state index in [4.69, 9.17) is 17.3 Å². The number of nitrogens with two attached hydrogens (primary N) is 1. The van der Waals surface area contributed by atoms with Crippen molar-refractivity contribution in [2.24, 2.45) is 0 Å². The molecule has 0 saturated carbocycles. The van der Waals surface area contributed by atoms with Gasteiger partial charge in [-0.25, -0.2) is 16.8 Å². The van der Waals surface area contributed by atoms with Crippen molar-refractivity contribution in [2.45, 2.75) is 18.2 Å². The molecule has 0 fully saturated rings. The number of benzene rings is 1. The Balaban J connectivity index is 2.94. The Morgan fingerprint density at radius 2 is 1.74 bits per heavy atom. The molecule has 5 nitrogen and oxygen atoms in total. The Labute approximate surface area is 118 Å². The average molecular weight is 326 g/mol. The maximum absolute atomic E-state index is 12.0. The van der Waals surface area contributed by atoms with E-state index in [0.29, 0.717) is 11.4 Å². The third kappa shape index (κ3) is 4.67. The molecule has 1 rings (SSSR count). The fourth-order valence-electron chi connectivity index (χ4n) is 1.56. The number of rotatable bonds is 6. The molecule has 1 aromatic rings. The lowest BCUT2D eigenvalue weighted by Gasteiger charge is -2.08. The Bertz CT molecular complexity index is 653. The number of hydrogen-bond donors (Lipinski definition) is 1. The van der Waals surface area contributed by atoms with Gasteiger partial charge in [0, 0.05) is 10.8 Å². The molecule has 0 aliphatic rings. The molecule has 0 heterocycles. The minimum Gasteiger partial charge on any atom is -0.398 e. The van der Waals surface area contributed by atoms with Crippen LogP contribution in [-0.4, -0.2) is 34.1 Å². The predicted octanol–water partition coefficient (Wildman–Crippen LogP) is 1.52. The van der Waals surface area contributed by atoms with E-state index in [2.05, 4.69) is 0 Å². The van der Waals surface area contributed by atoms with Gasteiger partial charge in [0.25, 0.3) is 0 Å². The van der Waals surface area contributed by atoms with Gasteiger partial charge in [-0.1, -0.05) is 18.5 Å². The first-order valence-electron chi connectivity index (χ1n) is 5.66. The third-order valence-electron chi connectivity index (χ3n) is 2.49. The van der Waals surface area contributed by atoms with Gasteiger partial charge in [0.2, 0.25) is 0 Å². The first-order chi connectivity index (χ1) is 8.68. The summed E-state index contributed by atoms with van der Waals surface area (Å²) in [5, 5.41) is 0.329. The third-order valence-corrected chi connectivity index (χ3v) is 6.62. The number of nitrogen functional groups attached to an aromatic ring is 1. The minimum atomic E-state index is -3.72. The van der Waals surface area contributed by atoms with E-state index < -0.39 is 31.2 Å². The molecule has 1 aromatic carbocycles. The quantitative estimate of drug-likeness (QED) is 0.800. The average Bonchev–Trinajstić information content (AvgIpc) is 2.26. The van der Waals surface area contributed by atoms with Crippen molar-refractivity contribution in [1.82, 2.24) is 0 Å². The fourth-order valence-corrected chi connectivity index (χ4v) is 5.38. The van der Waals surface area contributed by atoms with Crippen LogP contribution in [0.1, 0.15) is 13.3 Å². The lowest BCUT2D eigenvalue weighted by atomic mass is 10.3. The highest BCUT2D eigenvalue weighted by Crippen LogP contribution is 2.23. The second-order valence-electron chi connectivity index (χ2n) is 4.15. The molecule has 19 heavy (non-hydrogen) atoms. The van der Waals surface area contributed by atoms with Gasteiger partial charge < -0.3 is 5.73 Å². The highest BCUT2D eigenvalue weighted by molar-refractivity contribution is 7.95. The van der Waals surface area contributed by atoms with E-state index in [0.717, 1.165) is 0 Å². The summed E-state index contributed by atoms with van der Waals surface area (Å²) in [7, 11) is -7.06. The monoisotopic (exact) mass is 325 g/mol. The molecule has 0 unspecified atom stereocenters. The zero-order valence-corrected chi connectivity index (χ0v) is 12.9. The fraction of sp³-hybridized carbons (Fsp3) is 0.455. The van der Waals surface area contributed by atoms with Crippen LogP contribution >= 0.6 is 11.6 Å². The topological polar surface area (TPSA) is 94.3 Å². The van der Waals surface area contributed by atoms with Crippen LogP contribution in [-0.2, 0) is 19.7 Å². The standard InChI is InChI=1S/C11H16ClNO4S2/c1-2-5-18(14,15)6-7-19(16,17)11-4-3-9(12)8-10(11)13/h3-4,8H,2,5-7,13H2,1H3. The summed E-state index contributed by atoms with van der Waals surface area (Å²) in [6.07, 6.45) is 0.464. The Kier molecular flexibility index (Phi) is 5.23. The SMILES string of the molecule is CCCS(=O)(=O)CCS(=O)(=O)c1ccc(Cl)cc1N. The molecule has 0 aliphatic carbocycles. The van der Waals surface area contributed by atoms with Crippen LogP contribution in [0.4, 0.5) is 5.69 Å². The lowest BCUT2D eigenvalue weighted by molar-refractivity contribution is 0.587. The molecule has 0 aliphatic heterocycles. The molecule has 0 saturated heterocycles. The van der Waals surface area contributed by atoms with Crippen molar-refractivity contribution in [3.05, 3.63) is 23.2 Å². The van der Waals surface area contributed by atoms with Crippen LogP contribution in [0.25, 0.3) is 0 Å². The van der Waals surface area contributed by atoms with Crippen molar-refractivity contribution >= 4 is 37.0 Å². The van der Waals surface area contributed by atoms with E-state index >= 15 is 0 Å². The summed E-state index contributed by atoms with van der Waals surface area (Å²) < 4.78 is 47.1. The van der Waals surface area contributed by atoms with Gasteiger partial charge in [0.1, 0.15) is 0 Å². The Morgan fingerprint density at radius 3 is 2.26 bits per heavy atom. The van der Waals surface area contributed by atoms with Gasteiger partial charge in [0.05, 0.1) is 22.1 Å². The number of anilines is 1. The van der Waals surface area contributed by atoms with Gasteiger partial charge in [-0.05, 0) is 24.6 Å². The Morgan fingerprint density at radius 1 is 1.11 bits per heavy atom. The maximum atomic E-state index is 12.0. The molecule has 0 bridgehead atoms. The molecule has 0 atom stereocenters. The van der Waals surface area contributed by atoms with Crippen LogP contribution in [0.15, 0.2) is 23.1 Å². The molecular weight excluding hydrogens is 310 g/mol. The zero-order valence-electron chi connectivity index (χ0n) is 10.5. The molecule has 2 N–H and O–H groups in total. The van der Waals surface area contributed by atoms with E-state index in [-0.39, 0.29) is 16.3 Å². The number of halogens is 1. The minimum absolute atomic E-state index is 0.0153.